The van der Waals surface area contributed by atoms with Gasteiger partial charge >= 0.3 is 5.97 Å². The molecule has 0 saturated carbocycles. The summed E-state index contributed by atoms with van der Waals surface area (Å²) >= 11 is 2.66. The fraction of sp³-hybridized carbons (Fsp3) is 0.250. The number of carbonyl (C=O) groups is 2. The van der Waals surface area contributed by atoms with Crippen molar-refractivity contribution in [2.45, 2.75) is 20.5 Å². The molecule has 0 aliphatic rings. The molecule has 0 bridgehead atoms. The van der Waals surface area contributed by atoms with E-state index in [0.29, 0.717) is 15.7 Å². The number of thiophene rings is 1. The second-order valence-electron chi connectivity index (χ2n) is 3.83. The number of nitrogens with zero attached hydrogens (tertiary/aromatic N) is 1. The van der Waals surface area contributed by atoms with Gasteiger partial charge < -0.3 is 10.1 Å². The van der Waals surface area contributed by atoms with Crippen LogP contribution in [0.15, 0.2) is 16.8 Å². The lowest BCUT2D eigenvalue weighted by atomic mass is 10.3. The quantitative estimate of drug-likeness (QED) is 0.881. The molecule has 0 unspecified atom stereocenters. The zero-order valence-electron chi connectivity index (χ0n) is 10.4. The Balaban J connectivity index is 1.92. The second-order valence-corrected chi connectivity index (χ2v) is 5.61. The maximum Gasteiger partial charge on any atom is 0.348 e. The fourth-order valence-corrected chi connectivity index (χ4v) is 2.93. The zero-order valence-corrected chi connectivity index (χ0v) is 12.1. The topological polar surface area (TPSA) is 68.3 Å². The molecule has 100 valence electrons. The van der Waals surface area contributed by atoms with Gasteiger partial charge in [0.15, 0.2) is 5.13 Å². The summed E-state index contributed by atoms with van der Waals surface area (Å²) in [4.78, 5) is 27.4. The summed E-state index contributed by atoms with van der Waals surface area (Å²) in [6.07, 6.45) is 0. The molecule has 1 N–H and O–H groups in total. The Kier molecular flexibility index (Phi) is 4.28. The minimum atomic E-state index is -0.346. The molecule has 2 heterocycles. The predicted octanol–water partition coefficient (Wildman–Crippen LogP) is 2.83. The number of nitrogens with one attached hydrogen (secondary N) is 1. The maximum atomic E-state index is 11.8. The monoisotopic (exact) mass is 296 g/mol. The highest BCUT2D eigenvalue weighted by atomic mass is 32.1. The normalized spacial score (nSPS) is 10.2. The average molecular weight is 296 g/mol. The van der Waals surface area contributed by atoms with Gasteiger partial charge in [-0.25, -0.2) is 9.78 Å². The summed E-state index contributed by atoms with van der Waals surface area (Å²) in [6.45, 7) is 3.39. The van der Waals surface area contributed by atoms with Crippen molar-refractivity contribution >= 4 is 39.7 Å². The lowest BCUT2D eigenvalue weighted by Crippen LogP contribution is -2.06. The lowest BCUT2D eigenvalue weighted by Gasteiger charge is -2.01. The Hall–Kier alpha value is -1.73. The lowest BCUT2D eigenvalue weighted by molar-refractivity contribution is -0.114. The number of thiazole rings is 1. The number of aromatic nitrogens is 1. The summed E-state index contributed by atoms with van der Waals surface area (Å²) in [6, 6.07) is 1.87. The first-order chi connectivity index (χ1) is 9.06. The summed E-state index contributed by atoms with van der Waals surface area (Å²) in [5, 5.41) is 6.69. The first kappa shape index (κ1) is 13.7. The van der Waals surface area contributed by atoms with Crippen LogP contribution < -0.4 is 5.32 Å². The first-order valence-electron chi connectivity index (χ1n) is 5.49. The first-order valence-corrected chi connectivity index (χ1v) is 7.25. The van der Waals surface area contributed by atoms with Crippen LogP contribution in [0.2, 0.25) is 0 Å². The molecule has 0 aliphatic carbocycles. The zero-order chi connectivity index (χ0) is 13.8. The van der Waals surface area contributed by atoms with Crippen molar-refractivity contribution in [1.82, 2.24) is 4.98 Å². The van der Waals surface area contributed by atoms with Gasteiger partial charge in [-0.2, -0.15) is 0 Å². The molecule has 5 nitrogen and oxygen atoms in total. The van der Waals surface area contributed by atoms with E-state index in [4.69, 9.17) is 4.74 Å². The Labute approximate surface area is 118 Å². The number of carbonyl (C=O) groups excluding carboxylic acids is 2. The van der Waals surface area contributed by atoms with Crippen molar-refractivity contribution in [3.8, 4) is 0 Å². The van der Waals surface area contributed by atoms with Crippen LogP contribution >= 0.6 is 22.7 Å². The number of aryl methyl sites for hydroxylation is 1. The van der Waals surface area contributed by atoms with Crippen molar-refractivity contribution in [1.29, 1.82) is 0 Å². The van der Waals surface area contributed by atoms with E-state index in [1.54, 1.807) is 5.38 Å². The van der Waals surface area contributed by atoms with Crippen LogP contribution in [0.5, 0.6) is 0 Å². The van der Waals surface area contributed by atoms with E-state index in [0.717, 1.165) is 5.56 Å². The van der Waals surface area contributed by atoms with E-state index in [2.05, 4.69) is 10.3 Å². The second kappa shape index (κ2) is 5.94. The van der Waals surface area contributed by atoms with Crippen LogP contribution in [0.4, 0.5) is 5.13 Å². The van der Waals surface area contributed by atoms with Crippen molar-refractivity contribution in [2.75, 3.05) is 5.32 Å². The van der Waals surface area contributed by atoms with Crippen molar-refractivity contribution in [3.63, 3.8) is 0 Å². The molecule has 2 rings (SSSR count). The molecule has 0 spiro atoms. The number of amides is 1. The average Bonchev–Trinajstić information content (AvgIpc) is 2.94. The van der Waals surface area contributed by atoms with Gasteiger partial charge in [-0.15, -0.1) is 22.7 Å². The highest BCUT2D eigenvalue weighted by Crippen LogP contribution is 2.19. The van der Waals surface area contributed by atoms with Crippen molar-refractivity contribution < 1.29 is 14.3 Å². The van der Waals surface area contributed by atoms with Gasteiger partial charge in [0.2, 0.25) is 5.91 Å². The van der Waals surface area contributed by atoms with Crippen LogP contribution in [0.25, 0.3) is 0 Å². The molecule has 0 atom stereocenters. The molecule has 2 aromatic heterocycles. The van der Waals surface area contributed by atoms with E-state index in [9.17, 15) is 9.59 Å². The third-order valence-electron chi connectivity index (χ3n) is 2.23. The van der Waals surface area contributed by atoms with E-state index >= 15 is 0 Å². The molecule has 2 aromatic rings. The Morgan fingerprint density at radius 1 is 1.42 bits per heavy atom. The molecule has 0 aliphatic heterocycles. The van der Waals surface area contributed by atoms with Gasteiger partial charge in [0.25, 0.3) is 0 Å². The number of anilines is 1. The van der Waals surface area contributed by atoms with Crippen LogP contribution in [0.3, 0.4) is 0 Å². The Morgan fingerprint density at radius 3 is 2.84 bits per heavy atom. The number of esters is 1. The highest BCUT2D eigenvalue weighted by molar-refractivity contribution is 7.14. The SMILES string of the molecule is CC(=O)Nc1nc(COC(=O)c2sccc2C)cs1. The minimum absolute atomic E-state index is 0.103. The van der Waals surface area contributed by atoms with Gasteiger partial charge in [-0.3, -0.25) is 4.79 Å². The van der Waals surface area contributed by atoms with Gasteiger partial charge in [0.05, 0.1) is 5.69 Å². The highest BCUT2D eigenvalue weighted by Gasteiger charge is 2.13. The van der Waals surface area contributed by atoms with Crippen LogP contribution in [-0.2, 0) is 16.1 Å². The molecule has 0 fully saturated rings. The molecule has 19 heavy (non-hydrogen) atoms. The van der Waals surface area contributed by atoms with E-state index in [1.165, 1.54) is 29.6 Å². The maximum absolute atomic E-state index is 11.8. The van der Waals surface area contributed by atoms with Gasteiger partial charge in [-0.1, -0.05) is 0 Å². The van der Waals surface area contributed by atoms with E-state index in [-0.39, 0.29) is 18.5 Å². The molecule has 1 amide bonds. The summed E-state index contributed by atoms with van der Waals surface area (Å²) in [5.41, 5.74) is 1.53. The Bertz CT molecular complexity index is 604. The number of ether oxygens (including phenoxy) is 1. The van der Waals surface area contributed by atoms with Crippen LogP contribution in [0, 0.1) is 6.92 Å². The van der Waals surface area contributed by atoms with Gasteiger partial charge in [-0.05, 0) is 23.9 Å². The fourth-order valence-electron chi connectivity index (χ4n) is 1.37. The van der Waals surface area contributed by atoms with Crippen LogP contribution in [-0.4, -0.2) is 16.9 Å². The summed E-state index contributed by atoms with van der Waals surface area (Å²) in [5.74, 6) is -0.520. The molecular formula is C12H12N2O3S2. The summed E-state index contributed by atoms with van der Waals surface area (Å²) < 4.78 is 5.17. The van der Waals surface area contributed by atoms with Crippen LogP contribution in [0.1, 0.15) is 27.9 Å². The molecule has 7 heteroatoms. The standard InChI is InChI=1S/C12H12N2O3S2/c1-7-3-4-18-10(7)11(16)17-5-9-6-19-12(14-9)13-8(2)15/h3-4,6H,5H2,1-2H3,(H,13,14,15). The minimum Gasteiger partial charge on any atom is -0.455 e. The van der Waals surface area contributed by atoms with E-state index in [1.807, 2.05) is 18.4 Å². The van der Waals surface area contributed by atoms with Gasteiger partial charge in [0, 0.05) is 12.3 Å². The molecular weight excluding hydrogens is 284 g/mol. The smallest absolute Gasteiger partial charge is 0.348 e. The van der Waals surface area contributed by atoms with Gasteiger partial charge in [0.1, 0.15) is 11.5 Å². The van der Waals surface area contributed by atoms with Crippen molar-refractivity contribution in [2.24, 2.45) is 0 Å². The molecule has 0 radical (unpaired) electrons. The molecule has 0 aromatic carbocycles. The number of hydrogen-bond acceptors (Lipinski definition) is 6. The Morgan fingerprint density at radius 2 is 2.21 bits per heavy atom. The van der Waals surface area contributed by atoms with E-state index < -0.39 is 0 Å². The largest absolute Gasteiger partial charge is 0.455 e. The number of hydrogen-bond donors (Lipinski definition) is 1. The number of rotatable bonds is 4. The third-order valence-corrected chi connectivity index (χ3v) is 4.04. The summed E-state index contributed by atoms with van der Waals surface area (Å²) in [7, 11) is 0. The third kappa shape index (κ3) is 3.62. The van der Waals surface area contributed by atoms with Crippen molar-refractivity contribution in [3.05, 3.63) is 33.0 Å². The predicted molar refractivity (Wildman–Crippen MR) is 74.6 cm³/mol. The molecule has 0 saturated heterocycles.